The van der Waals surface area contributed by atoms with E-state index in [9.17, 15) is 9.59 Å². The minimum absolute atomic E-state index is 0.0438. The smallest absolute Gasteiger partial charge is 0.250 e. The lowest BCUT2D eigenvalue weighted by Gasteiger charge is -2.19. The SMILES string of the molecule is COc1ccc(OC)c([C@H]2CCN(C(=O)Cn3ccccc3=O)C2)c1. The van der Waals surface area contributed by atoms with Crippen LogP contribution >= 0.6 is 0 Å². The Morgan fingerprint density at radius 3 is 2.76 bits per heavy atom. The van der Waals surface area contributed by atoms with Gasteiger partial charge in [0, 0.05) is 36.8 Å². The summed E-state index contributed by atoms with van der Waals surface area (Å²) in [5.41, 5.74) is 0.884. The predicted octanol–water partition coefficient (Wildman–Crippen LogP) is 1.88. The van der Waals surface area contributed by atoms with Gasteiger partial charge in [0.15, 0.2) is 0 Å². The number of hydrogen-bond donors (Lipinski definition) is 0. The molecular formula is C19H22N2O4. The van der Waals surface area contributed by atoms with Crippen LogP contribution in [0.15, 0.2) is 47.4 Å². The van der Waals surface area contributed by atoms with Gasteiger partial charge in [0.05, 0.1) is 14.2 Å². The van der Waals surface area contributed by atoms with E-state index in [4.69, 9.17) is 9.47 Å². The third kappa shape index (κ3) is 3.68. The summed E-state index contributed by atoms with van der Waals surface area (Å²) < 4.78 is 12.2. The van der Waals surface area contributed by atoms with Crippen LogP contribution in [-0.4, -0.2) is 42.7 Å². The van der Waals surface area contributed by atoms with Gasteiger partial charge >= 0.3 is 0 Å². The Morgan fingerprint density at radius 1 is 1.20 bits per heavy atom. The summed E-state index contributed by atoms with van der Waals surface area (Å²) >= 11 is 0. The fraction of sp³-hybridized carbons (Fsp3) is 0.368. The molecule has 1 aromatic heterocycles. The number of carbonyl (C=O) groups excluding carboxylic acids is 1. The molecule has 3 rings (SSSR count). The standard InChI is InChI=1S/C19H22N2O4/c1-24-15-6-7-17(25-2)16(11-15)14-8-10-21(12-14)19(23)13-20-9-4-3-5-18(20)22/h3-7,9,11,14H,8,10,12-13H2,1-2H3/t14-/m0/s1. The van der Waals surface area contributed by atoms with Crippen molar-refractivity contribution in [1.29, 1.82) is 0 Å². The van der Waals surface area contributed by atoms with E-state index in [0.717, 1.165) is 23.5 Å². The van der Waals surface area contributed by atoms with Gasteiger partial charge in [-0.15, -0.1) is 0 Å². The zero-order valence-electron chi connectivity index (χ0n) is 14.5. The molecular weight excluding hydrogens is 320 g/mol. The molecule has 0 unspecified atom stereocenters. The summed E-state index contributed by atoms with van der Waals surface area (Å²) in [6.07, 6.45) is 2.50. The minimum atomic E-state index is -0.166. The zero-order chi connectivity index (χ0) is 17.8. The van der Waals surface area contributed by atoms with E-state index < -0.39 is 0 Å². The lowest BCUT2D eigenvalue weighted by atomic mass is 9.97. The first-order chi connectivity index (χ1) is 12.1. The summed E-state index contributed by atoms with van der Waals surface area (Å²) in [4.78, 5) is 26.1. The second-order valence-electron chi connectivity index (χ2n) is 6.10. The molecule has 1 aliphatic rings. The van der Waals surface area contributed by atoms with Crippen LogP contribution in [0.1, 0.15) is 17.9 Å². The molecule has 1 fully saturated rings. The van der Waals surface area contributed by atoms with Crippen LogP contribution in [0.3, 0.4) is 0 Å². The van der Waals surface area contributed by atoms with Gasteiger partial charge in [0.25, 0.3) is 5.56 Å². The van der Waals surface area contributed by atoms with E-state index in [2.05, 4.69) is 0 Å². The molecule has 2 heterocycles. The van der Waals surface area contributed by atoms with Crippen molar-refractivity contribution in [2.45, 2.75) is 18.9 Å². The number of pyridine rings is 1. The maximum Gasteiger partial charge on any atom is 0.250 e. The van der Waals surface area contributed by atoms with Gasteiger partial charge in [-0.25, -0.2) is 0 Å². The number of benzene rings is 1. The second-order valence-corrected chi connectivity index (χ2v) is 6.10. The summed E-state index contributed by atoms with van der Waals surface area (Å²) in [5.74, 6) is 1.73. The van der Waals surface area contributed by atoms with Gasteiger partial charge in [0.2, 0.25) is 5.91 Å². The van der Waals surface area contributed by atoms with Gasteiger partial charge in [-0.3, -0.25) is 9.59 Å². The number of methoxy groups -OCH3 is 2. The van der Waals surface area contributed by atoms with E-state index in [1.165, 1.54) is 10.6 Å². The molecule has 0 N–H and O–H groups in total. The van der Waals surface area contributed by atoms with E-state index in [-0.39, 0.29) is 23.9 Å². The van der Waals surface area contributed by atoms with E-state index in [1.807, 2.05) is 23.1 Å². The summed E-state index contributed by atoms with van der Waals surface area (Å²) in [5, 5.41) is 0. The topological polar surface area (TPSA) is 60.8 Å². The number of amides is 1. The molecule has 132 valence electrons. The number of aromatic nitrogens is 1. The third-order valence-electron chi connectivity index (χ3n) is 4.62. The lowest BCUT2D eigenvalue weighted by molar-refractivity contribution is -0.130. The number of nitrogens with zero attached hydrogens (tertiary/aromatic N) is 2. The highest BCUT2D eigenvalue weighted by Crippen LogP contribution is 2.36. The highest BCUT2D eigenvalue weighted by atomic mass is 16.5. The number of likely N-dealkylation sites (tertiary alicyclic amines) is 1. The Hall–Kier alpha value is -2.76. The Kier molecular flexibility index (Phi) is 5.07. The number of carbonyl (C=O) groups is 1. The molecule has 1 atom stereocenters. The third-order valence-corrected chi connectivity index (χ3v) is 4.62. The van der Waals surface area contributed by atoms with E-state index >= 15 is 0 Å². The van der Waals surface area contributed by atoms with Crippen molar-refractivity contribution >= 4 is 5.91 Å². The van der Waals surface area contributed by atoms with Crippen LogP contribution in [0.2, 0.25) is 0 Å². The lowest BCUT2D eigenvalue weighted by Crippen LogP contribution is -2.34. The van der Waals surface area contributed by atoms with Gasteiger partial charge in [-0.2, -0.15) is 0 Å². The second kappa shape index (κ2) is 7.42. The number of rotatable bonds is 5. The van der Waals surface area contributed by atoms with E-state index in [0.29, 0.717) is 13.1 Å². The quantitative estimate of drug-likeness (QED) is 0.832. The van der Waals surface area contributed by atoms with Gasteiger partial charge < -0.3 is 18.9 Å². The molecule has 0 spiro atoms. The molecule has 1 aromatic carbocycles. The van der Waals surface area contributed by atoms with Crippen LogP contribution in [0.5, 0.6) is 11.5 Å². The molecule has 0 radical (unpaired) electrons. The first-order valence-electron chi connectivity index (χ1n) is 8.27. The number of ether oxygens (including phenoxy) is 2. The highest BCUT2D eigenvalue weighted by Gasteiger charge is 2.29. The minimum Gasteiger partial charge on any atom is -0.497 e. The molecule has 25 heavy (non-hydrogen) atoms. The summed E-state index contributed by atoms with van der Waals surface area (Å²) in [7, 11) is 3.28. The first-order valence-corrected chi connectivity index (χ1v) is 8.27. The van der Waals surface area contributed by atoms with Crippen molar-refractivity contribution < 1.29 is 14.3 Å². The van der Waals surface area contributed by atoms with Gasteiger partial charge in [-0.1, -0.05) is 6.07 Å². The zero-order valence-corrected chi connectivity index (χ0v) is 14.5. The number of hydrogen-bond acceptors (Lipinski definition) is 4. The van der Waals surface area contributed by atoms with Crippen molar-refractivity contribution in [1.82, 2.24) is 9.47 Å². The first kappa shape index (κ1) is 17.1. The van der Waals surface area contributed by atoms with Crippen LogP contribution in [0, 0.1) is 0 Å². The van der Waals surface area contributed by atoms with Gasteiger partial charge in [0.1, 0.15) is 18.0 Å². The van der Waals surface area contributed by atoms with Crippen LogP contribution in [0.25, 0.3) is 0 Å². The van der Waals surface area contributed by atoms with Crippen molar-refractivity contribution in [3.05, 3.63) is 58.5 Å². The monoisotopic (exact) mass is 342 g/mol. The fourth-order valence-electron chi connectivity index (χ4n) is 3.24. The van der Waals surface area contributed by atoms with Crippen molar-refractivity contribution in [3.8, 4) is 11.5 Å². The van der Waals surface area contributed by atoms with E-state index in [1.54, 1.807) is 32.5 Å². The Balaban J connectivity index is 1.72. The largest absolute Gasteiger partial charge is 0.497 e. The van der Waals surface area contributed by atoms with Crippen molar-refractivity contribution in [2.24, 2.45) is 0 Å². The summed E-state index contributed by atoms with van der Waals surface area (Å²) in [6.45, 7) is 1.36. The maximum absolute atomic E-state index is 12.5. The predicted molar refractivity (Wildman–Crippen MR) is 94.2 cm³/mol. The Bertz CT molecular complexity index is 815. The average molecular weight is 342 g/mol. The average Bonchev–Trinajstić information content (AvgIpc) is 3.13. The highest BCUT2D eigenvalue weighted by molar-refractivity contribution is 5.76. The van der Waals surface area contributed by atoms with Crippen molar-refractivity contribution in [3.63, 3.8) is 0 Å². The fourth-order valence-corrected chi connectivity index (χ4v) is 3.24. The van der Waals surface area contributed by atoms with Gasteiger partial charge in [-0.05, 0) is 30.7 Å². The van der Waals surface area contributed by atoms with Crippen LogP contribution in [0.4, 0.5) is 0 Å². The Labute approximate surface area is 146 Å². The molecule has 0 bridgehead atoms. The van der Waals surface area contributed by atoms with Crippen LogP contribution < -0.4 is 15.0 Å². The molecule has 6 heteroatoms. The van der Waals surface area contributed by atoms with Crippen LogP contribution in [-0.2, 0) is 11.3 Å². The molecule has 2 aromatic rings. The normalized spacial score (nSPS) is 16.7. The summed E-state index contributed by atoms with van der Waals surface area (Å²) in [6, 6.07) is 10.6. The molecule has 0 aliphatic carbocycles. The molecule has 1 amide bonds. The molecule has 0 saturated carbocycles. The molecule has 1 saturated heterocycles. The molecule has 6 nitrogen and oxygen atoms in total. The maximum atomic E-state index is 12.5. The molecule has 1 aliphatic heterocycles. The van der Waals surface area contributed by atoms with Crippen molar-refractivity contribution in [2.75, 3.05) is 27.3 Å². The Morgan fingerprint density at radius 2 is 2.04 bits per heavy atom.